The monoisotopic (exact) mass is 365 g/mol. The molecule has 0 bridgehead atoms. The Bertz CT molecular complexity index is 605. The molecule has 2 atom stereocenters. The van der Waals surface area contributed by atoms with Crippen LogP contribution in [0.2, 0.25) is 0 Å². The molecule has 2 saturated heterocycles. The molecular weight excluding hydrogens is 338 g/mol. The van der Waals surface area contributed by atoms with Crippen molar-refractivity contribution in [3.63, 3.8) is 0 Å². The molecule has 1 aromatic carbocycles. The van der Waals surface area contributed by atoms with E-state index in [-0.39, 0.29) is 36.2 Å². The summed E-state index contributed by atoms with van der Waals surface area (Å²) in [6.07, 6.45) is 3.49. The summed E-state index contributed by atoms with van der Waals surface area (Å²) in [5.74, 6) is -0.0183. The minimum Gasteiger partial charge on any atom is -0.338 e. The molecule has 3 rings (SSSR count). The van der Waals surface area contributed by atoms with Gasteiger partial charge in [-0.3, -0.25) is 9.59 Å². The number of hydrogen-bond acceptors (Lipinski definition) is 3. The van der Waals surface area contributed by atoms with Crippen LogP contribution in [0, 0.1) is 12.8 Å². The molecule has 2 heterocycles. The van der Waals surface area contributed by atoms with E-state index in [0.717, 1.165) is 31.4 Å². The van der Waals surface area contributed by atoms with Gasteiger partial charge in [-0.15, -0.1) is 12.4 Å². The van der Waals surface area contributed by atoms with E-state index in [0.29, 0.717) is 26.1 Å². The highest BCUT2D eigenvalue weighted by Gasteiger charge is 2.38. The van der Waals surface area contributed by atoms with E-state index < -0.39 is 0 Å². The topological polar surface area (TPSA) is 66.6 Å². The first-order chi connectivity index (χ1) is 11.6. The van der Waals surface area contributed by atoms with Crippen molar-refractivity contribution in [2.24, 2.45) is 11.7 Å². The van der Waals surface area contributed by atoms with Crippen molar-refractivity contribution in [3.05, 3.63) is 35.4 Å². The maximum atomic E-state index is 12.8. The molecule has 2 aliphatic rings. The van der Waals surface area contributed by atoms with Gasteiger partial charge in [0.25, 0.3) is 0 Å². The number of nitrogens with two attached hydrogens (primary N) is 1. The molecule has 0 saturated carbocycles. The molecule has 0 spiro atoms. The highest BCUT2D eigenvalue weighted by molar-refractivity contribution is 5.89. The van der Waals surface area contributed by atoms with Crippen molar-refractivity contribution in [1.29, 1.82) is 0 Å². The number of piperidine rings is 1. The number of carbonyl (C=O) groups excluding carboxylic acids is 2. The van der Waals surface area contributed by atoms with Crippen molar-refractivity contribution >= 4 is 24.2 Å². The first-order valence-electron chi connectivity index (χ1n) is 8.92. The van der Waals surface area contributed by atoms with Gasteiger partial charge in [0.15, 0.2) is 0 Å². The van der Waals surface area contributed by atoms with Crippen molar-refractivity contribution < 1.29 is 9.59 Å². The standard InChI is InChI=1S/C19H27N3O2.ClH/c1-14-5-7-15(8-6-14)12-21-13-16(10-18(21)23)19(24)22-9-3-2-4-17(22)11-20;/h5-8,16-17H,2-4,9-13,20H2,1H3;1H. The van der Waals surface area contributed by atoms with Gasteiger partial charge in [-0.2, -0.15) is 0 Å². The van der Waals surface area contributed by atoms with Crippen LogP contribution in [0.5, 0.6) is 0 Å². The number of rotatable bonds is 4. The summed E-state index contributed by atoms with van der Waals surface area (Å²) in [6, 6.07) is 8.35. The smallest absolute Gasteiger partial charge is 0.228 e. The number of aryl methyl sites for hydroxylation is 1. The molecule has 0 radical (unpaired) electrons. The first-order valence-corrected chi connectivity index (χ1v) is 8.92. The lowest BCUT2D eigenvalue weighted by Crippen LogP contribution is -2.50. The third-order valence-corrected chi connectivity index (χ3v) is 5.24. The third kappa shape index (κ3) is 4.53. The van der Waals surface area contributed by atoms with Gasteiger partial charge in [-0.25, -0.2) is 0 Å². The third-order valence-electron chi connectivity index (χ3n) is 5.24. The van der Waals surface area contributed by atoms with Crippen molar-refractivity contribution in [3.8, 4) is 0 Å². The van der Waals surface area contributed by atoms with E-state index >= 15 is 0 Å². The Morgan fingerprint density at radius 1 is 1.24 bits per heavy atom. The fourth-order valence-corrected chi connectivity index (χ4v) is 3.77. The second-order valence-corrected chi connectivity index (χ2v) is 7.08. The summed E-state index contributed by atoms with van der Waals surface area (Å²) in [7, 11) is 0. The van der Waals surface area contributed by atoms with Gasteiger partial charge in [-0.05, 0) is 31.7 Å². The van der Waals surface area contributed by atoms with Gasteiger partial charge in [0.05, 0.1) is 5.92 Å². The molecule has 1 aromatic rings. The summed E-state index contributed by atoms with van der Waals surface area (Å²) in [4.78, 5) is 28.9. The fraction of sp³-hybridized carbons (Fsp3) is 0.579. The zero-order valence-electron chi connectivity index (χ0n) is 14.8. The van der Waals surface area contributed by atoms with Crippen LogP contribution in [0.1, 0.15) is 36.8 Å². The molecule has 2 N–H and O–H groups in total. The molecule has 2 fully saturated rings. The van der Waals surface area contributed by atoms with Crippen LogP contribution in [-0.2, 0) is 16.1 Å². The van der Waals surface area contributed by atoms with Gasteiger partial charge < -0.3 is 15.5 Å². The number of nitrogens with zero attached hydrogens (tertiary/aromatic N) is 2. The highest BCUT2D eigenvalue weighted by atomic mass is 35.5. The van der Waals surface area contributed by atoms with E-state index in [9.17, 15) is 9.59 Å². The average Bonchev–Trinajstić information content (AvgIpc) is 2.97. The van der Waals surface area contributed by atoms with Crippen LogP contribution in [0.4, 0.5) is 0 Å². The largest absolute Gasteiger partial charge is 0.338 e. The molecule has 2 aliphatic heterocycles. The van der Waals surface area contributed by atoms with Gasteiger partial charge >= 0.3 is 0 Å². The van der Waals surface area contributed by atoms with E-state index in [2.05, 4.69) is 12.1 Å². The van der Waals surface area contributed by atoms with Crippen LogP contribution in [0.25, 0.3) is 0 Å². The van der Waals surface area contributed by atoms with Crippen LogP contribution >= 0.6 is 12.4 Å². The van der Waals surface area contributed by atoms with Gasteiger partial charge in [0.1, 0.15) is 0 Å². The molecule has 2 unspecified atom stereocenters. The van der Waals surface area contributed by atoms with Crippen molar-refractivity contribution in [2.75, 3.05) is 19.6 Å². The number of benzene rings is 1. The van der Waals surface area contributed by atoms with Gasteiger partial charge in [0, 0.05) is 38.6 Å². The normalized spacial score (nSPS) is 23.5. The van der Waals surface area contributed by atoms with E-state index in [1.54, 1.807) is 0 Å². The highest BCUT2D eigenvalue weighted by Crippen LogP contribution is 2.25. The molecule has 138 valence electrons. The first kappa shape index (κ1) is 19.7. The van der Waals surface area contributed by atoms with Crippen LogP contribution < -0.4 is 5.73 Å². The number of amides is 2. The lowest BCUT2D eigenvalue weighted by atomic mass is 9.98. The Morgan fingerprint density at radius 3 is 2.64 bits per heavy atom. The second-order valence-electron chi connectivity index (χ2n) is 7.08. The average molecular weight is 366 g/mol. The van der Waals surface area contributed by atoms with Crippen molar-refractivity contribution in [2.45, 2.75) is 45.2 Å². The minimum absolute atomic E-state index is 0. The molecule has 2 amide bonds. The predicted octanol–water partition coefficient (Wildman–Crippen LogP) is 2.11. The van der Waals surface area contributed by atoms with Crippen molar-refractivity contribution in [1.82, 2.24) is 9.80 Å². The summed E-state index contributed by atoms with van der Waals surface area (Å²) < 4.78 is 0. The van der Waals surface area contributed by atoms with Crippen LogP contribution in [0.15, 0.2) is 24.3 Å². The lowest BCUT2D eigenvalue weighted by Gasteiger charge is -2.36. The quantitative estimate of drug-likeness (QED) is 0.888. The molecule has 25 heavy (non-hydrogen) atoms. The molecule has 0 aromatic heterocycles. The number of carbonyl (C=O) groups is 2. The van der Waals surface area contributed by atoms with Crippen LogP contribution in [0.3, 0.4) is 0 Å². The zero-order chi connectivity index (χ0) is 17.1. The number of likely N-dealkylation sites (tertiary alicyclic amines) is 2. The fourth-order valence-electron chi connectivity index (χ4n) is 3.77. The molecular formula is C19H28ClN3O2. The SMILES string of the molecule is Cc1ccc(CN2CC(C(=O)N3CCCCC3CN)CC2=O)cc1.Cl. The Hall–Kier alpha value is -1.59. The lowest BCUT2D eigenvalue weighted by molar-refractivity contribution is -0.139. The van der Waals surface area contributed by atoms with Gasteiger partial charge in [-0.1, -0.05) is 29.8 Å². The number of hydrogen-bond donors (Lipinski definition) is 1. The zero-order valence-corrected chi connectivity index (χ0v) is 15.6. The van der Waals surface area contributed by atoms with E-state index in [1.165, 1.54) is 5.56 Å². The number of halogens is 1. The Labute approximate surface area is 155 Å². The summed E-state index contributed by atoms with van der Waals surface area (Å²) in [6.45, 7) is 4.46. The maximum Gasteiger partial charge on any atom is 0.228 e. The molecule has 6 heteroatoms. The minimum atomic E-state index is -0.213. The van der Waals surface area contributed by atoms with E-state index in [4.69, 9.17) is 5.73 Å². The summed E-state index contributed by atoms with van der Waals surface area (Å²) in [5.41, 5.74) is 8.14. The van der Waals surface area contributed by atoms with Gasteiger partial charge in [0.2, 0.25) is 11.8 Å². The summed E-state index contributed by atoms with van der Waals surface area (Å²) in [5, 5.41) is 0. The molecule has 0 aliphatic carbocycles. The molecule has 5 nitrogen and oxygen atoms in total. The van der Waals surface area contributed by atoms with E-state index in [1.807, 2.05) is 28.9 Å². The predicted molar refractivity (Wildman–Crippen MR) is 100 cm³/mol. The maximum absolute atomic E-state index is 12.8. The Kier molecular flexibility index (Phi) is 6.85. The Balaban J connectivity index is 0.00000225. The second kappa shape index (κ2) is 8.68. The summed E-state index contributed by atoms with van der Waals surface area (Å²) >= 11 is 0. The Morgan fingerprint density at radius 2 is 1.96 bits per heavy atom. The van der Waals surface area contributed by atoms with Crippen LogP contribution in [-0.4, -0.2) is 47.3 Å².